The molecule has 0 aromatic heterocycles. The number of carbonyl (C=O) groups excluding carboxylic acids is 1. The number of carbonyl (C=O) groups is 1. The van der Waals surface area contributed by atoms with Gasteiger partial charge in [-0.1, -0.05) is 19.1 Å². The van der Waals surface area contributed by atoms with Gasteiger partial charge in [0, 0.05) is 11.5 Å². The van der Waals surface area contributed by atoms with E-state index in [9.17, 15) is 9.90 Å². The monoisotopic (exact) mass is 410 g/mol. The van der Waals surface area contributed by atoms with Crippen molar-refractivity contribution in [3.8, 4) is 5.75 Å². The highest BCUT2D eigenvalue weighted by Crippen LogP contribution is 2.65. The summed E-state index contributed by atoms with van der Waals surface area (Å²) in [6, 6.07) is 7.74. The Labute approximate surface area is 181 Å². The Hall–Kier alpha value is -1.35. The summed E-state index contributed by atoms with van der Waals surface area (Å²) >= 11 is 0. The molecule has 164 valence electrons. The SMILES string of the molecule is COc1cccc(C(=O)[C@H]2CC[C@H]3[C@@H]4CC[C@H]5C[C@](C)(O)CC[C@@H]5[C@H]4CC[C@]23C)c1. The summed E-state index contributed by atoms with van der Waals surface area (Å²) in [7, 11) is 1.67. The molecule has 5 rings (SSSR count). The minimum atomic E-state index is -0.446. The van der Waals surface area contributed by atoms with E-state index in [0.717, 1.165) is 54.2 Å². The molecule has 0 heterocycles. The number of hydrogen-bond donors (Lipinski definition) is 1. The maximum atomic E-state index is 13.6. The standard InChI is InChI=1S/C27H38O3/c1-26(29)13-11-20-18(16-26)7-8-22-21(20)12-14-27(2)23(22)9-10-24(27)25(28)17-5-4-6-19(15-17)30-3/h4-6,15,18,20-24,29H,7-14,16H2,1-3H3/t18-,20-,21+,22+,23-,24+,26+,27-/m0/s1. The molecule has 4 saturated carbocycles. The van der Waals surface area contributed by atoms with Crippen LogP contribution in [0.25, 0.3) is 0 Å². The van der Waals surface area contributed by atoms with Crippen LogP contribution < -0.4 is 4.74 Å². The number of rotatable bonds is 3. The maximum absolute atomic E-state index is 13.6. The van der Waals surface area contributed by atoms with E-state index in [2.05, 4.69) is 6.92 Å². The lowest BCUT2D eigenvalue weighted by Gasteiger charge is -2.56. The average Bonchev–Trinajstić information content (AvgIpc) is 3.09. The minimum Gasteiger partial charge on any atom is -0.497 e. The highest BCUT2D eigenvalue weighted by Gasteiger charge is 2.58. The highest BCUT2D eigenvalue weighted by molar-refractivity contribution is 5.99. The number of aliphatic hydroxyl groups is 1. The molecule has 4 aliphatic carbocycles. The predicted octanol–water partition coefficient (Wildman–Crippen LogP) is 5.90. The van der Waals surface area contributed by atoms with Crippen molar-refractivity contribution in [2.75, 3.05) is 7.11 Å². The van der Waals surface area contributed by atoms with Crippen LogP contribution in [-0.2, 0) is 0 Å². The molecular formula is C27H38O3. The molecule has 0 amide bonds. The quantitative estimate of drug-likeness (QED) is 0.631. The molecule has 0 radical (unpaired) electrons. The van der Waals surface area contributed by atoms with E-state index in [1.807, 2.05) is 31.2 Å². The van der Waals surface area contributed by atoms with E-state index in [1.165, 1.54) is 38.5 Å². The molecule has 30 heavy (non-hydrogen) atoms. The second-order valence-electron chi connectivity index (χ2n) is 11.4. The Bertz CT molecular complexity index is 814. The van der Waals surface area contributed by atoms with Crippen LogP contribution >= 0.6 is 0 Å². The molecule has 0 bridgehead atoms. The Balaban J connectivity index is 1.36. The summed E-state index contributed by atoms with van der Waals surface area (Å²) < 4.78 is 5.37. The third kappa shape index (κ3) is 3.23. The normalized spacial score (nSPS) is 45.2. The molecular weight excluding hydrogens is 372 g/mol. The maximum Gasteiger partial charge on any atom is 0.166 e. The Kier molecular flexibility index (Phi) is 5.04. The van der Waals surface area contributed by atoms with Crippen molar-refractivity contribution in [3.05, 3.63) is 29.8 Å². The molecule has 1 N–H and O–H groups in total. The van der Waals surface area contributed by atoms with Crippen molar-refractivity contribution < 1.29 is 14.6 Å². The van der Waals surface area contributed by atoms with Gasteiger partial charge < -0.3 is 9.84 Å². The molecule has 3 heteroatoms. The van der Waals surface area contributed by atoms with Crippen LogP contribution in [0, 0.1) is 40.9 Å². The van der Waals surface area contributed by atoms with Gasteiger partial charge in [-0.3, -0.25) is 4.79 Å². The molecule has 4 fully saturated rings. The number of ether oxygens (including phenoxy) is 1. The van der Waals surface area contributed by atoms with Crippen LogP contribution in [0.1, 0.15) is 82.0 Å². The van der Waals surface area contributed by atoms with E-state index in [4.69, 9.17) is 4.74 Å². The number of methoxy groups -OCH3 is 1. The van der Waals surface area contributed by atoms with Gasteiger partial charge in [0.2, 0.25) is 0 Å². The second kappa shape index (κ2) is 7.36. The van der Waals surface area contributed by atoms with E-state index in [0.29, 0.717) is 11.7 Å². The first kappa shape index (κ1) is 20.5. The number of hydrogen-bond acceptors (Lipinski definition) is 3. The number of fused-ring (bicyclic) bond motifs is 5. The van der Waals surface area contributed by atoms with Gasteiger partial charge in [-0.05, 0) is 112 Å². The molecule has 1 aromatic carbocycles. The lowest BCUT2D eigenvalue weighted by molar-refractivity contribution is -0.0976. The van der Waals surface area contributed by atoms with E-state index in [-0.39, 0.29) is 11.3 Å². The summed E-state index contributed by atoms with van der Waals surface area (Å²) in [6.07, 6.45) is 10.5. The molecule has 1 aromatic rings. The fourth-order valence-corrected chi connectivity index (χ4v) is 8.49. The second-order valence-corrected chi connectivity index (χ2v) is 11.4. The van der Waals surface area contributed by atoms with E-state index in [1.54, 1.807) is 7.11 Å². The summed E-state index contributed by atoms with van der Waals surface area (Å²) in [6.45, 7) is 4.47. The Morgan fingerprint density at radius 3 is 2.60 bits per heavy atom. The number of benzene rings is 1. The smallest absolute Gasteiger partial charge is 0.166 e. The topological polar surface area (TPSA) is 46.5 Å². The third-order valence-electron chi connectivity index (χ3n) is 9.91. The zero-order valence-corrected chi connectivity index (χ0v) is 18.9. The van der Waals surface area contributed by atoms with Crippen molar-refractivity contribution in [2.24, 2.45) is 40.9 Å². The Morgan fingerprint density at radius 1 is 1.00 bits per heavy atom. The van der Waals surface area contributed by atoms with Crippen molar-refractivity contribution in [1.82, 2.24) is 0 Å². The van der Waals surface area contributed by atoms with Gasteiger partial charge in [0.05, 0.1) is 12.7 Å². The first-order valence-electron chi connectivity index (χ1n) is 12.2. The molecule has 8 atom stereocenters. The zero-order chi connectivity index (χ0) is 21.1. The minimum absolute atomic E-state index is 0.147. The van der Waals surface area contributed by atoms with Gasteiger partial charge in [0.1, 0.15) is 5.75 Å². The van der Waals surface area contributed by atoms with Gasteiger partial charge in [0.15, 0.2) is 5.78 Å². The van der Waals surface area contributed by atoms with Gasteiger partial charge in [-0.2, -0.15) is 0 Å². The van der Waals surface area contributed by atoms with Crippen LogP contribution in [0.5, 0.6) is 5.75 Å². The van der Waals surface area contributed by atoms with E-state index < -0.39 is 5.60 Å². The third-order valence-corrected chi connectivity index (χ3v) is 9.91. The summed E-state index contributed by atoms with van der Waals surface area (Å²) in [5.74, 6) is 5.09. The van der Waals surface area contributed by atoms with E-state index >= 15 is 0 Å². The first-order valence-corrected chi connectivity index (χ1v) is 12.2. The van der Waals surface area contributed by atoms with Gasteiger partial charge in [-0.25, -0.2) is 0 Å². The first-order chi connectivity index (χ1) is 14.3. The fourth-order valence-electron chi connectivity index (χ4n) is 8.49. The highest BCUT2D eigenvalue weighted by atomic mass is 16.5. The van der Waals surface area contributed by atoms with Crippen LogP contribution in [-0.4, -0.2) is 23.6 Å². The van der Waals surface area contributed by atoms with Crippen molar-refractivity contribution in [3.63, 3.8) is 0 Å². The lowest BCUT2D eigenvalue weighted by Crippen LogP contribution is -2.51. The average molecular weight is 411 g/mol. The predicted molar refractivity (Wildman–Crippen MR) is 119 cm³/mol. The van der Waals surface area contributed by atoms with Crippen LogP contribution in [0.2, 0.25) is 0 Å². The zero-order valence-electron chi connectivity index (χ0n) is 18.9. The van der Waals surface area contributed by atoms with Crippen LogP contribution in [0.3, 0.4) is 0 Å². The van der Waals surface area contributed by atoms with Crippen LogP contribution in [0.15, 0.2) is 24.3 Å². The molecule has 0 unspecified atom stereocenters. The summed E-state index contributed by atoms with van der Waals surface area (Å²) in [5, 5.41) is 10.6. The largest absolute Gasteiger partial charge is 0.497 e. The fraction of sp³-hybridized carbons (Fsp3) is 0.741. The number of ketones is 1. The molecule has 4 aliphatic rings. The van der Waals surface area contributed by atoms with Gasteiger partial charge in [-0.15, -0.1) is 0 Å². The molecule has 3 nitrogen and oxygen atoms in total. The van der Waals surface area contributed by atoms with Crippen molar-refractivity contribution in [2.45, 2.75) is 77.2 Å². The lowest BCUT2D eigenvalue weighted by atomic mass is 9.49. The van der Waals surface area contributed by atoms with Gasteiger partial charge >= 0.3 is 0 Å². The summed E-state index contributed by atoms with van der Waals surface area (Å²) in [5.41, 5.74) is 0.522. The van der Waals surface area contributed by atoms with Crippen molar-refractivity contribution >= 4 is 5.78 Å². The van der Waals surface area contributed by atoms with Crippen LogP contribution in [0.4, 0.5) is 0 Å². The summed E-state index contributed by atoms with van der Waals surface area (Å²) in [4.78, 5) is 13.6. The Morgan fingerprint density at radius 2 is 1.80 bits per heavy atom. The molecule has 0 aliphatic heterocycles. The van der Waals surface area contributed by atoms with Gasteiger partial charge in [0.25, 0.3) is 0 Å². The number of Topliss-reactive ketones (excluding diaryl/α,β-unsaturated/α-hetero) is 1. The van der Waals surface area contributed by atoms with Crippen molar-refractivity contribution in [1.29, 1.82) is 0 Å². The molecule has 0 saturated heterocycles. The molecule has 0 spiro atoms.